The number of benzene rings is 1. The monoisotopic (exact) mass is 313 g/mol. The molecule has 2 aromatic rings. The molecule has 0 bridgehead atoms. The average Bonchev–Trinajstić information content (AvgIpc) is 2.43. The summed E-state index contributed by atoms with van der Waals surface area (Å²) >= 11 is 5.33. The molecule has 106 valence electrons. The SMILES string of the molecule is Fc1cnc(Cl)nc1Nc1c(F)c(F)c(F)c(F)c1F. The maximum absolute atomic E-state index is 13.3. The highest BCUT2D eigenvalue weighted by Crippen LogP contribution is 2.29. The van der Waals surface area contributed by atoms with Crippen LogP contribution in [0.1, 0.15) is 0 Å². The van der Waals surface area contributed by atoms with Crippen LogP contribution in [0.5, 0.6) is 0 Å². The van der Waals surface area contributed by atoms with E-state index in [2.05, 4.69) is 9.97 Å². The molecule has 0 atom stereocenters. The van der Waals surface area contributed by atoms with Gasteiger partial charge in [-0.15, -0.1) is 0 Å². The van der Waals surface area contributed by atoms with Crippen LogP contribution in [0.2, 0.25) is 5.28 Å². The molecule has 0 aliphatic rings. The summed E-state index contributed by atoms with van der Waals surface area (Å²) in [6, 6.07) is 0. The molecule has 1 aromatic carbocycles. The molecular formula is C10H2ClF6N3. The first-order valence-corrected chi connectivity index (χ1v) is 5.17. The summed E-state index contributed by atoms with van der Waals surface area (Å²) in [5.41, 5.74) is -1.45. The Labute approximate surface area is 112 Å². The number of rotatable bonds is 2. The van der Waals surface area contributed by atoms with E-state index in [-0.39, 0.29) is 0 Å². The summed E-state index contributed by atoms with van der Waals surface area (Å²) in [6.45, 7) is 0. The van der Waals surface area contributed by atoms with Crippen LogP contribution in [-0.4, -0.2) is 9.97 Å². The molecule has 1 aromatic heterocycles. The van der Waals surface area contributed by atoms with E-state index in [0.29, 0.717) is 6.20 Å². The lowest BCUT2D eigenvalue weighted by Gasteiger charge is -2.10. The molecule has 0 fully saturated rings. The maximum Gasteiger partial charge on any atom is 0.224 e. The van der Waals surface area contributed by atoms with Crippen molar-refractivity contribution in [2.24, 2.45) is 0 Å². The molecule has 10 heteroatoms. The standard InChI is InChI=1S/C10H2ClF6N3/c11-10-18-1-2(12)9(20-10)19-8-6(16)4(14)3(13)5(15)7(8)17/h1H,(H,18,19,20). The van der Waals surface area contributed by atoms with Gasteiger partial charge in [-0.05, 0) is 11.6 Å². The van der Waals surface area contributed by atoms with Crippen molar-refractivity contribution in [1.82, 2.24) is 9.97 Å². The van der Waals surface area contributed by atoms with Gasteiger partial charge in [-0.25, -0.2) is 31.3 Å². The van der Waals surface area contributed by atoms with E-state index in [9.17, 15) is 26.3 Å². The molecule has 3 nitrogen and oxygen atoms in total. The van der Waals surface area contributed by atoms with Gasteiger partial charge in [-0.2, -0.15) is 4.98 Å². The van der Waals surface area contributed by atoms with Crippen LogP contribution in [0.4, 0.5) is 37.8 Å². The first kappa shape index (κ1) is 14.4. The zero-order valence-corrected chi connectivity index (χ0v) is 9.87. The largest absolute Gasteiger partial charge is 0.333 e. The van der Waals surface area contributed by atoms with E-state index in [1.54, 1.807) is 5.32 Å². The highest BCUT2D eigenvalue weighted by atomic mass is 35.5. The van der Waals surface area contributed by atoms with Gasteiger partial charge in [0.05, 0.1) is 6.20 Å². The molecule has 0 saturated carbocycles. The van der Waals surface area contributed by atoms with Crippen LogP contribution < -0.4 is 5.32 Å². The molecule has 20 heavy (non-hydrogen) atoms. The first-order chi connectivity index (χ1) is 9.32. The number of hydrogen-bond donors (Lipinski definition) is 1. The highest BCUT2D eigenvalue weighted by Gasteiger charge is 2.26. The van der Waals surface area contributed by atoms with Crippen molar-refractivity contribution in [2.75, 3.05) is 5.32 Å². The van der Waals surface area contributed by atoms with Crippen LogP contribution in [-0.2, 0) is 0 Å². The Morgan fingerprint density at radius 1 is 0.850 bits per heavy atom. The van der Waals surface area contributed by atoms with Gasteiger partial charge in [-0.3, -0.25) is 0 Å². The van der Waals surface area contributed by atoms with E-state index in [4.69, 9.17) is 11.6 Å². The summed E-state index contributed by atoms with van der Waals surface area (Å²) in [5.74, 6) is -13.0. The van der Waals surface area contributed by atoms with Gasteiger partial charge in [0.15, 0.2) is 34.9 Å². The molecular weight excluding hydrogens is 312 g/mol. The van der Waals surface area contributed by atoms with Crippen molar-refractivity contribution in [2.45, 2.75) is 0 Å². The number of anilines is 2. The second-order valence-electron chi connectivity index (χ2n) is 3.41. The van der Waals surface area contributed by atoms with Gasteiger partial charge in [0.1, 0.15) is 5.69 Å². The lowest BCUT2D eigenvalue weighted by molar-refractivity contribution is 0.382. The van der Waals surface area contributed by atoms with Gasteiger partial charge in [0.2, 0.25) is 11.1 Å². The zero-order chi connectivity index (χ0) is 15.0. The fraction of sp³-hybridized carbons (Fsp3) is 0. The molecule has 0 aliphatic heterocycles. The molecule has 2 rings (SSSR count). The topological polar surface area (TPSA) is 37.8 Å². The van der Waals surface area contributed by atoms with Gasteiger partial charge in [-0.1, -0.05) is 0 Å². The Morgan fingerprint density at radius 3 is 1.90 bits per heavy atom. The Balaban J connectivity index is 2.57. The second-order valence-corrected chi connectivity index (χ2v) is 3.74. The summed E-state index contributed by atoms with van der Waals surface area (Å²) in [5, 5.41) is 1.16. The Kier molecular flexibility index (Phi) is 3.71. The lowest BCUT2D eigenvalue weighted by Crippen LogP contribution is -2.08. The number of aromatic nitrogens is 2. The molecule has 0 unspecified atom stereocenters. The Hall–Kier alpha value is -2.03. The molecule has 0 amide bonds. The number of nitrogens with zero attached hydrogens (tertiary/aromatic N) is 2. The van der Waals surface area contributed by atoms with Crippen LogP contribution in [0.3, 0.4) is 0 Å². The van der Waals surface area contributed by atoms with E-state index in [1.807, 2.05) is 0 Å². The third-order valence-electron chi connectivity index (χ3n) is 2.17. The predicted molar refractivity (Wildman–Crippen MR) is 56.5 cm³/mol. The van der Waals surface area contributed by atoms with Crippen molar-refractivity contribution >= 4 is 23.1 Å². The third kappa shape index (κ3) is 2.36. The number of nitrogens with one attached hydrogen (secondary N) is 1. The van der Waals surface area contributed by atoms with Gasteiger partial charge >= 0.3 is 0 Å². The normalized spacial score (nSPS) is 10.8. The van der Waals surface area contributed by atoms with E-state index in [1.165, 1.54) is 0 Å². The minimum Gasteiger partial charge on any atom is -0.333 e. The van der Waals surface area contributed by atoms with E-state index in [0.717, 1.165) is 0 Å². The van der Waals surface area contributed by atoms with E-state index < -0.39 is 51.7 Å². The molecule has 1 N–H and O–H groups in total. The predicted octanol–water partition coefficient (Wildman–Crippen LogP) is 3.71. The van der Waals surface area contributed by atoms with Crippen molar-refractivity contribution in [3.05, 3.63) is 46.4 Å². The van der Waals surface area contributed by atoms with Crippen molar-refractivity contribution in [3.8, 4) is 0 Å². The smallest absolute Gasteiger partial charge is 0.224 e. The summed E-state index contributed by atoms with van der Waals surface area (Å²) < 4.78 is 78.6. The van der Waals surface area contributed by atoms with Gasteiger partial charge in [0, 0.05) is 0 Å². The van der Waals surface area contributed by atoms with Gasteiger partial charge in [0.25, 0.3) is 0 Å². The van der Waals surface area contributed by atoms with Crippen molar-refractivity contribution in [1.29, 1.82) is 0 Å². The molecule has 0 aliphatic carbocycles. The minimum atomic E-state index is -2.33. The quantitative estimate of drug-likeness (QED) is 0.397. The first-order valence-electron chi connectivity index (χ1n) is 4.79. The number of hydrogen-bond acceptors (Lipinski definition) is 3. The molecule has 0 radical (unpaired) electrons. The van der Waals surface area contributed by atoms with E-state index >= 15 is 0 Å². The third-order valence-corrected chi connectivity index (χ3v) is 2.35. The molecule has 0 saturated heterocycles. The molecule has 1 heterocycles. The Morgan fingerprint density at radius 2 is 1.35 bits per heavy atom. The maximum atomic E-state index is 13.3. The van der Waals surface area contributed by atoms with Crippen LogP contribution in [0.25, 0.3) is 0 Å². The number of halogens is 7. The summed E-state index contributed by atoms with van der Waals surface area (Å²) in [4.78, 5) is 6.45. The zero-order valence-electron chi connectivity index (χ0n) is 9.12. The van der Waals surface area contributed by atoms with Crippen molar-refractivity contribution < 1.29 is 26.3 Å². The average molecular weight is 314 g/mol. The summed E-state index contributed by atoms with van der Waals surface area (Å²) in [6.07, 6.45) is 0.559. The highest BCUT2D eigenvalue weighted by molar-refractivity contribution is 6.28. The Bertz CT molecular complexity index is 664. The van der Waals surface area contributed by atoms with Crippen LogP contribution in [0, 0.1) is 34.9 Å². The summed E-state index contributed by atoms with van der Waals surface area (Å²) in [7, 11) is 0. The fourth-order valence-corrected chi connectivity index (χ4v) is 1.40. The second kappa shape index (κ2) is 5.16. The minimum absolute atomic E-state index is 0.488. The van der Waals surface area contributed by atoms with Crippen LogP contribution >= 0.6 is 11.6 Å². The lowest BCUT2D eigenvalue weighted by atomic mass is 10.2. The van der Waals surface area contributed by atoms with Crippen molar-refractivity contribution in [3.63, 3.8) is 0 Å². The fourth-order valence-electron chi connectivity index (χ4n) is 1.27. The molecule has 0 spiro atoms. The van der Waals surface area contributed by atoms with Gasteiger partial charge < -0.3 is 5.32 Å². The van der Waals surface area contributed by atoms with Crippen LogP contribution in [0.15, 0.2) is 6.20 Å².